The molecule has 0 fully saturated rings. The molecule has 1 heterocycles. The van der Waals surface area contributed by atoms with Crippen LogP contribution < -0.4 is 5.32 Å². The first kappa shape index (κ1) is 11.7. The van der Waals surface area contributed by atoms with Crippen molar-refractivity contribution in [2.45, 2.75) is 13.0 Å². The highest BCUT2D eigenvalue weighted by Crippen LogP contribution is 2.17. The molecular formula is C13H16N2O2. The van der Waals surface area contributed by atoms with Gasteiger partial charge in [-0.05, 0) is 19.1 Å². The Labute approximate surface area is 99.9 Å². The fourth-order valence-electron chi connectivity index (χ4n) is 1.84. The SMILES string of the molecule is CC(O)CNC(=O)c1cc2ccccc2n1C. The van der Waals surface area contributed by atoms with Crippen LogP contribution in [0.4, 0.5) is 0 Å². The molecule has 2 rings (SSSR count). The van der Waals surface area contributed by atoms with E-state index in [1.807, 2.05) is 41.9 Å². The van der Waals surface area contributed by atoms with Gasteiger partial charge in [0.1, 0.15) is 5.69 Å². The second-order valence-electron chi connectivity index (χ2n) is 4.21. The van der Waals surface area contributed by atoms with E-state index >= 15 is 0 Å². The number of fused-ring (bicyclic) bond motifs is 1. The molecule has 0 bridgehead atoms. The second-order valence-corrected chi connectivity index (χ2v) is 4.21. The Balaban J connectivity index is 2.29. The fraction of sp³-hybridized carbons (Fsp3) is 0.308. The zero-order chi connectivity index (χ0) is 12.4. The van der Waals surface area contributed by atoms with Crippen molar-refractivity contribution in [1.82, 2.24) is 9.88 Å². The number of para-hydroxylation sites is 1. The second kappa shape index (κ2) is 4.59. The van der Waals surface area contributed by atoms with Gasteiger partial charge in [0.2, 0.25) is 0 Å². The van der Waals surface area contributed by atoms with Crippen LogP contribution >= 0.6 is 0 Å². The summed E-state index contributed by atoms with van der Waals surface area (Å²) in [5, 5.41) is 12.9. The molecule has 0 saturated heterocycles. The third kappa shape index (κ3) is 2.31. The average Bonchev–Trinajstić information content (AvgIpc) is 2.64. The van der Waals surface area contributed by atoms with Crippen molar-refractivity contribution in [3.05, 3.63) is 36.0 Å². The molecule has 90 valence electrons. The predicted molar refractivity (Wildman–Crippen MR) is 66.9 cm³/mol. The first-order valence-corrected chi connectivity index (χ1v) is 5.60. The van der Waals surface area contributed by atoms with Crippen LogP contribution in [-0.4, -0.2) is 28.2 Å². The Hall–Kier alpha value is -1.81. The largest absolute Gasteiger partial charge is 0.392 e. The van der Waals surface area contributed by atoms with Crippen LogP contribution in [0, 0.1) is 0 Å². The average molecular weight is 232 g/mol. The number of rotatable bonds is 3. The molecule has 0 aliphatic rings. The van der Waals surface area contributed by atoms with Crippen molar-refractivity contribution in [1.29, 1.82) is 0 Å². The molecule has 2 aromatic rings. The van der Waals surface area contributed by atoms with Gasteiger partial charge in [0.25, 0.3) is 5.91 Å². The number of amides is 1. The Kier molecular flexibility index (Phi) is 3.15. The van der Waals surface area contributed by atoms with Crippen molar-refractivity contribution in [2.24, 2.45) is 7.05 Å². The summed E-state index contributed by atoms with van der Waals surface area (Å²) >= 11 is 0. The van der Waals surface area contributed by atoms with Gasteiger partial charge in [-0.15, -0.1) is 0 Å². The summed E-state index contributed by atoms with van der Waals surface area (Å²) in [6, 6.07) is 9.69. The number of aryl methyl sites for hydroxylation is 1. The number of benzene rings is 1. The molecule has 1 unspecified atom stereocenters. The molecule has 17 heavy (non-hydrogen) atoms. The minimum absolute atomic E-state index is 0.162. The van der Waals surface area contributed by atoms with Crippen molar-refractivity contribution in [3.8, 4) is 0 Å². The van der Waals surface area contributed by atoms with Gasteiger partial charge in [0.05, 0.1) is 6.10 Å². The highest BCUT2D eigenvalue weighted by atomic mass is 16.3. The first-order valence-electron chi connectivity index (χ1n) is 5.60. The number of nitrogens with zero attached hydrogens (tertiary/aromatic N) is 1. The smallest absolute Gasteiger partial charge is 0.268 e. The maximum atomic E-state index is 11.9. The molecule has 1 amide bonds. The van der Waals surface area contributed by atoms with Crippen molar-refractivity contribution in [3.63, 3.8) is 0 Å². The highest BCUT2D eigenvalue weighted by molar-refractivity contribution is 5.98. The number of nitrogens with one attached hydrogen (secondary N) is 1. The van der Waals surface area contributed by atoms with Crippen molar-refractivity contribution in [2.75, 3.05) is 6.54 Å². The van der Waals surface area contributed by atoms with Gasteiger partial charge in [-0.25, -0.2) is 0 Å². The Morgan fingerprint density at radius 1 is 1.47 bits per heavy atom. The molecule has 1 aromatic heterocycles. The Morgan fingerprint density at radius 2 is 2.18 bits per heavy atom. The van der Waals surface area contributed by atoms with Gasteiger partial charge in [0.15, 0.2) is 0 Å². The molecular weight excluding hydrogens is 216 g/mol. The summed E-state index contributed by atoms with van der Waals surface area (Å²) in [5.41, 5.74) is 1.63. The van der Waals surface area contributed by atoms with Gasteiger partial charge in [-0.1, -0.05) is 18.2 Å². The van der Waals surface area contributed by atoms with Gasteiger partial charge >= 0.3 is 0 Å². The molecule has 1 atom stereocenters. The normalized spacial score (nSPS) is 12.6. The van der Waals surface area contributed by atoms with Crippen molar-refractivity contribution >= 4 is 16.8 Å². The first-order chi connectivity index (χ1) is 8.09. The van der Waals surface area contributed by atoms with E-state index < -0.39 is 6.10 Å². The van der Waals surface area contributed by atoms with Crippen LogP contribution in [-0.2, 0) is 7.05 Å². The number of hydrogen-bond donors (Lipinski definition) is 2. The summed E-state index contributed by atoms with van der Waals surface area (Å²) in [4.78, 5) is 11.9. The van der Waals surface area contributed by atoms with E-state index in [-0.39, 0.29) is 12.5 Å². The van der Waals surface area contributed by atoms with E-state index in [1.165, 1.54) is 0 Å². The Morgan fingerprint density at radius 3 is 2.82 bits per heavy atom. The van der Waals surface area contributed by atoms with Crippen LogP contribution in [0.25, 0.3) is 10.9 Å². The Bertz CT molecular complexity index is 543. The zero-order valence-corrected chi connectivity index (χ0v) is 9.97. The number of hydrogen-bond acceptors (Lipinski definition) is 2. The predicted octanol–water partition coefficient (Wildman–Crippen LogP) is 1.29. The zero-order valence-electron chi connectivity index (χ0n) is 9.97. The minimum Gasteiger partial charge on any atom is -0.392 e. The third-order valence-electron chi connectivity index (χ3n) is 2.74. The molecule has 0 spiro atoms. The number of aliphatic hydroxyl groups excluding tert-OH is 1. The summed E-state index contributed by atoms with van der Waals surface area (Å²) < 4.78 is 1.85. The van der Waals surface area contributed by atoms with E-state index in [1.54, 1.807) is 6.92 Å². The number of aromatic nitrogens is 1. The minimum atomic E-state index is -0.534. The maximum absolute atomic E-state index is 11.9. The number of carbonyl (C=O) groups is 1. The fourth-order valence-corrected chi connectivity index (χ4v) is 1.84. The number of carbonyl (C=O) groups excluding carboxylic acids is 1. The molecule has 0 saturated carbocycles. The summed E-state index contributed by atoms with van der Waals surface area (Å²) in [6.07, 6.45) is -0.534. The van der Waals surface area contributed by atoms with E-state index in [9.17, 15) is 4.79 Å². The van der Waals surface area contributed by atoms with Crippen LogP contribution in [0.15, 0.2) is 30.3 Å². The van der Waals surface area contributed by atoms with Gasteiger partial charge in [0, 0.05) is 24.5 Å². The van der Waals surface area contributed by atoms with E-state index in [0.717, 1.165) is 10.9 Å². The molecule has 0 aliphatic heterocycles. The quantitative estimate of drug-likeness (QED) is 0.837. The van der Waals surface area contributed by atoms with Gasteiger partial charge < -0.3 is 15.0 Å². The monoisotopic (exact) mass is 232 g/mol. The topological polar surface area (TPSA) is 54.3 Å². The van der Waals surface area contributed by atoms with E-state index in [0.29, 0.717) is 5.69 Å². The molecule has 4 heteroatoms. The lowest BCUT2D eigenvalue weighted by Crippen LogP contribution is -2.31. The standard InChI is InChI=1S/C13H16N2O2/c1-9(16)8-14-13(17)12-7-10-5-3-4-6-11(10)15(12)2/h3-7,9,16H,8H2,1-2H3,(H,14,17). The van der Waals surface area contributed by atoms with Crippen molar-refractivity contribution < 1.29 is 9.90 Å². The van der Waals surface area contributed by atoms with E-state index in [4.69, 9.17) is 5.11 Å². The summed E-state index contributed by atoms with van der Waals surface area (Å²) in [7, 11) is 1.86. The highest BCUT2D eigenvalue weighted by Gasteiger charge is 2.12. The molecule has 0 radical (unpaired) electrons. The summed E-state index contributed by atoms with van der Waals surface area (Å²) in [6.45, 7) is 1.90. The summed E-state index contributed by atoms with van der Waals surface area (Å²) in [5.74, 6) is -0.162. The molecule has 4 nitrogen and oxygen atoms in total. The lowest BCUT2D eigenvalue weighted by molar-refractivity contribution is 0.0916. The van der Waals surface area contributed by atoms with Crippen LogP contribution in [0.5, 0.6) is 0 Å². The van der Waals surface area contributed by atoms with Gasteiger partial charge in [-0.3, -0.25) is 4.79 Å². The number of aliphatic hydroxyl groups is 1. The molecule has 0 aliphatic carbocycles. The van der Waals surface area contributed by atoms with Crippen LogP contribution in [0.1, 0.15) is 17.4 Å². The van der Waals surface area contributed by atoms with Crippen LogP contribution in [0.2, 0.25) is 0 Å². The lowest BCUT2D eigenvalue weighted by atomic mass is 10.2. The molecule has 1 aromatic carbocycles. The third-order valence-corrected chi connectivity index (χ3v) is 2.74. The van der Waals surface area contributed by atoms with E-state index in [2.05, 4.69) is 5.32 Å². The maximum Gasteiger partial charge on any atom is 0.268 e. The molecule has 2 N–H and O–H groups in total. The van der Waals surface area contributed by atoms with Crippen LogP contribution in [0.3, 0.4) is 0 Å². The van der Waals surface area contributed by atoms with Gasteiger partial charge in [-0.2, -0.15) is 0 Å². The lowest BCUT2D eigenvalue weighted by Gasteiger charge is -2.07.